The van der Waals surface area contributed by atoms with E-state index in [4.69, 9.17) is 11.6 Å². The molecule has 17 heavy (non-hydrogen) atoms. The van der Waals surface area contributed by atoms with Crippen molar-refractivity contribution in [3.8, 4) is 0 Å². The van der Waals surface area contributed by atoms with Gasteiger partial charge in [0.2, 0.25) is 0 Å². The van der Waals surface area contributed by atoms with Crippen LogP contribution in [0.25, 0.3) is 0 Å². The third-order valence-electron chi connectivity index (χ3n) is 2.48. The number of aromatic nitrogens is 1. The Morgan fingerprint density at radius 1 is 1.29 bits per heavy atom. The van der Waals surface area contributed by atoms with E-state index in [9.17, 15) is 9.50 Å². The molecule has 0 saturated carbocycles. The summed E-state index contributed by atoms with van der Waals surface area (Å²) in [6, 6.07) is 8.53. The van der Waals surface area contributed by atoms with Crippen LogP contribution in [0.1, 0.15) is 17.2 Å². The third kappa shape index (κ3) is 3.02. The van der Waals surface area contributed by atoms with Gasteiger partial charge in [-0.15, -0.1) is 0 Å². The van der Waals surface area contributed by atoms with Gasteiger partial charge in [-0.1, -0.05) is 29.8 Å². The lowest BCUT2D eigenvalue weighted by atomic mass is 10.0. The molecule has 1 N–H and O–H groups in total. The average Bonchev–Trinajstić information content (AvgIpc) is 2.32. The summed E-state index contributed by atoms with van der Waals surface area (Å²) in [6.45, 7) is 0. The molecular formula is C13H11ClFNO. The van der Waals surface area contributed by atoms with Crippen molar-refractivity contribution < 1.29 is 9.50 Å². The quantitative estimate of drug-likeness (QED) is 0.909. The standard InChI is InChI=1S/C13H11ClFNO/c14-12-4-2-1-3-9(12)6-13(17)10-5-11(15)8-16-7-10/h1-5,7-8,13,17H,6H2. The summed E-state index contributed by atoms with van der Waals surface area (Å²) in [5, 5.41) is 10.6. The predicted molar refractivity (Wildman–Crippen MR) is 64.3 cm³/mol. The second-order valence-corrected chi connectivity index (χ2v) is 4.16. The number of nitrogens with zero attached hydrogens (tertiary/aromatic N) is 1. The maximum atomic E-state index is 12.9. The van der Waals surface area contributed by atoms with Gasteiger partial charge in [-0.2, -0.15) is 0 Å². The van der Waals surface area contributed by atoms with Gasteiger partial charge >= 0.3 is 0 Å². The van der Waals surface area contributed by atoms with E-state index in [-0.39, 0.29) is 0 Å². The van der Waals surface area contributed by atoms with E-state index in [1.807, 2.05) is 18.2 Å². The largest absolute Gasteiger partial charge is 0.388 e. The highest BCUT2D eigenvalue weighted by Gasteiger charge is 2.11. The van der Waals surface area contributed by atoms with Crippen LogP contribution in [0.4, 0.5) is 4.39 Å². The van der Waals surface area contributed by atoms with Crippen molar-refractivity contribution in [3.05, 3.63) is 64.7 Å². The normalized spacial score (nSPS) is 12.4. The fraction of sp³-hybridized carbons (Fsp3) is 0.154. The third-order valence-corrected chi connectivity index (χ3v) is 2.85. The maximum Gasteiger partial charge on any atom is 0.141 e. The number of hydrogen-bond donors (Lipinski definition) is 1. The molecule has 0 fully saturated rings. The van der Waals surface area contributed by atoms with E-state index < -0.39 is 11.9 Å². The van der Waals surface area contributed by atoms with E-state index in [0.717, 1.165) is 11.8 Å². The first-order valence-electron chi connectivity index (χ1n) is 5.19. The zero-order chi connectivity index (χ0) is 12.3. The van der Waals surface area contributed by atoms with Gasteiger partial charge in [-0.25, -0.2) is 4.39 Å². The fourth-order valence-electron chi connectivity index (χ4n) is 1.60. The second-order valence-electron chi connectivity index (χ2n) is 3.75. The van der Waals surface area contributed by atoms with Gasteiger partial charge in [-0.05, 0) is 17.7 Å². The van der Waals surface area contributed by atoms with Gasteiger partial charge in [0, 0.05) is 23.2 Å². The van der Waals surface area contributed by atoms with Gasteiger partial charge in [0.25, 0.3) is 0 Å². The number of halogens is 2. The molecule has 0 spiro atoms. The molecule has 0 saturated heterocycles. The summed E-state index contributed by atoms with van der Waals surface area (Å²) in [6.07, 6.45) is 2.08. The Kier molecular flexibility index (Phi) is 3.71. The summed E-state index contributed by atoms with van der Waals surface area (Å²) >= 11 is 5.99. The molecule has 0 aliphatic heterocycles. The zero-order valence-electron chi connectivity index (χ0n) is 8.98. The average molecular weight is 252 g/mol. The summed E-state index contributed by atoms with van der Waals surface area (Å²) in [5.41, 5.74) is 1.27. The molecule has 0 amide bonds. The summed E-state index contributed by atoms with van der Waals surface area (Å²) in [7, 11) is 0. The molecule has 88 valence electrons. The van der Waals surface area contributed by atoms with E-state index in [1.54, 1.807) is 6.07 Å². The molecule has 1 aromatic carbocycles. The highest BCUT2D eigenvalue weighted by Crippen LogP contribution is 2.23. The number of aliphatic hydroxyl groups is 1. The number of rotatable bonds is 3. The van der Waals surface area contributed by atoms with E-state index >= 15 is 0 Å². The van der Waals surface area contributed by atoms with Gasteiger partial charge in [-0.3, -0.25) is 4.98 Å². The van der Waals surface area contributed by atoms with Crippen molar-refractivity contribution in [2.24, 2.45) is 0 Å². The fourth-order valence-corrected chi connectivity index (χ4v) is 1.81. The Labute approximate surface area is 104 Å². The lowest BCUT2D eigenvalue weighted by Gasteiger charge is -2.11. The predicted octanol–water partition coefficient (Wildman–Crippen LogP) is 3.15. The Hall–Kier alpha value is -1.45. The Morgan fingerprint density at radius 3 is 2.76 bits per heavy atom. The maximum absolute atomic E-state index is 12.9. The van der Waals surface area contributed by atoms with Crippen LogP contribution in [-0.4, -0.2) is 10.1 Å². The molecule has 0 bridgehead atoms. The van der Waals surface area contributed by atoms with Gasteiger partial charge in [0.05, 0.1) is 12.3 Å². The minimum Gasteiger partial charge on any atom is -0.388 e. The molecule has 4 heteroatoms. The molecule has 1 atom stereocenters. The first kappa shape index (κ1) is 12.0. The highest BCUT2D eigenvalue weighted by atomic mass is 35.5. The van der Waals surface area contributed by atoms with Crippen molar-refractivity contribution in [3.63, 3.8) is 0 Å². The summed E-state index contributed by atoms with van der Waals surface area (Å²) < 4.78 is 12.9. The second kappa shape index (κ2) is 5.25. The molecule has 1 heterocycles. The molecule has 0 radical (unpaired) electrons. The van der Waals surface area contributed by atoms with Crippen molar-refractivity contribution in [1.29, 1.82) is 0 Å². The number of pyridine rings is 1. The monoisotopic (exact) mass is 251 g/mol. The summed E-state index contributed by atoms with van der Waals surface area (Å²) in [5.74, 6) is -0.458. The first-order chi connectivity index (χ1) is 8.16. The van der Waals surface area contributed by atoms with Gasteiger partial charge in [0.1, 0.15) is 5.82 Å². The van der Waals surface area contributed by atoms with Crippen LogP contribution in [0.15, 0.2) is 42.7 Å². The number of aliphatic hydroxyl groups excluding tert-OH is 1. The lowest BCUT2D eigenvalue weighted by molar-refractivity contribution is 0.177. The number of hydrogen-bond acceptors (Lipinski definition) is 2. The van der Waals surface area contributed by atoms with Crippen molar-refractivity contribution >= 4 is 11.6 Å². The molecule has 0 aliphatic carbocycles. The van der Waals surface area contributed by atoms with Crippen LogP contribution in [0.3, 0.4) is 0 Å². The van der Waals surface area contributed by atoms with Crippen LogP contribution in [0, 0.1) is 5.82 Å². The molecule has 1 unspecified atom stereocenters. The molecule has 1 aromatic heterocycles. The zero-order valence-corrected chi connectivity index (χ0v) is 9.73. The van der Waals surface area contributed by atoms with Gasteiger partial charge < -0.3 is 5.11 Å². The minimum absolute atomic E-state index is 0.338. The van der Waals surface area contributed by atoms with Crippen molar-refractivity contribution in [2.75, 3.05) is 0 Å². The van der Waals surface area contributed by atoms with E-state index in [0.29, 0.717) is 17.0 Å². The molecular weight excluding hydrogens is 241 g/mol. The number of benzene rings is 1. The van der Waals surface area contributed by atoms with Crippen molar-refractivity contribution in [1.82, 2.24) is 4.98 Å². The molecule has 2 nitrogen and oxygen atoms in total. The highest BCUT2D eigenvalue weighted by molar-refractivity contribution is 6.31. The van der Waals surface area contributed by atoms with Crippen LogP contribution < -0.4 is 0 Å². The van der Waals surface area contributed by atoms with Crippen LogP contribution in [0.2, 0.25) is 5.02 Å². The Balaban J connectivity index is 2.17. The molecule has 0 aliphatic rings. The van der Waals surface area contributed by atoms with E-state index in [2.05, 4.69) is 4.98 Å². The smallest absolute Gasteiger partial charge is 0.141 e. The van der Waals surface area contributed by atoms with Crippen LogP contribution >= 0.6 is 11.6 Å². The van der Waals surface area contributed by atoms with Crippen molar-refractivity contribution in [2.45, 2.75) is 12.5 Å². The minimum atomic E-state index is -0.807. The molecule has 2 aromatic rings. The van der Waals surface area contributed by atoms with E-state index in [1.165, 1.54) is 12.3 Å². The SMILES string of the molecule is OC(Cc1ccccc1Cl)c1cncc(F)c1. The Bertz CT molecular complexity index is 518. The topological polar surface area (TPSA) is 33.1 Å². The molecule has 2 rings (SSSR count). The van der Waals surface area contributed by atoms with Gasteiger partial charge in [0.15, 0.2) is 0 Å². The summed E-state index contributed by atoms with van der Waals surface area (Å²) in [4.78, 5) is 3.70. The van der Waals surface area contributed by atoms with Crippen LogP contribution in [-0.2, 0) is 6.42 Å². The van der Waals surface area contributed by atoms with Crippen LogP contribution in [0.5, 0.6) is 0 Å². The Morgan fingerprint density at radius 2 is 2.06 bits per heavy atom. The first-order valence-corrected chi connectivity index (χ1v) is 5.56. The lowest BCUT2D eigenvalue weighted by Crippen LogP contribution is -2.03.